The summed E-state index contributed by atoms with van der Waals surface area (Å²) in [7, 11) is 0. The van der Waals surface area contributed by atoms with Crippen molar-refractivity contribution >= 4 is 79.9 Å². The van der Waals surface area contributed by atoms with Crippen LogP contribution in [-0.4, -0.2) is 188 Å². The van der Waals surface area contributed by atoms with Crippen LogP contribution >= 0.6 is 0 Å². The van der Waals surface area contributed by atoms with E-state index in [-0.39, 0.29) is 87.7 Å². The lowest BCUT2D eigenvalue weighted by atomic mass is 9.92. The summed E-state index contributed by atoms with van der Waals surface area (Å²) < 4.78 is 114. The van der Waals surface area contributed by atoms with E-state index in [0.717, 1.165) is 16.7 Å². The molecule has 0 saturated carbocycles. The number of nitrogens with zero attached hydrogens (tertiary/aromatic N) is 16. The van der Waals surface area contributed by atoms with Crippen LogP contribution < -0.4 is 22.9 Å². The number of hydrogen-bond acceptors (Lipinski definition) is 31. The number of halogens is 4. The van der Waals surface area contributed by atoms with Gasteiger partial charge < -0.3 is 86.0 Å². The highest BCUT2D eigenvalue weighted by atomic mass is 19.1. The Morgan fingerprint density at radius 2 is 0.750 bits per heavy atom. The van der Waals surface area contributed by atoms with Gasteiger partial charge in [-0.1, -0.05) is 135 Å². The molecular weight excluding hydrogens is 1520 g/mol. The van der Waals surface area contributed by atoms with Crippen molar-refractivity contribution in [3.05, 3.63) is 157 Å². The molecule has 3 aromatic carbocycles. The second kappa shape index (κ2) is 34.7. The lowest BCUT2D eigenvalue weighted by Gasteiger charge is -2.29. The predicted octanol–water partition coefficient (Wildman–Crippen LogP) is 5.11. The van der Waals surface area contributed by atoms with Gasteiger partial charge in [0, 0.05) is 13.8 Å². The third kappa shape index (κ3) is 16.2. The van der Waals surface area contributed by atoms with Gasteiger partial charge in [0.2, 0.25) is 0 Å². The molecule has 0 radical (unpaired) electrons. The molecule has 0 bridgehead atoms. The van der Waals surface area contributed by atoms with Crippen LogP contribution in [0.4, 0.5) is 40.8 Å². The zero-order valence-electron chi connectivity index (χ0n) is 62.8. The minimum Gasteiger partial charge on any atom is -0.455 e. The summed E-state index contributed by atoms with van der Waals surface area (Å²) in [4.78, 5) is 69.2. The number of benzene rings is 3. The smallest absolute Gasteiger partial charge is 0.312 e. The molecule has 116 heavy (non-hydrogen) atoms. The molecule has 0 spiro atoms. The number of aliphatic hydroxyl groups is 4. The summed E-state index contributed by atoms with van der Waals surface area (Å²) >= 11 is 0. The molecule has 4 saturated heterocycles. The van der Waals surface area contributed by atoms with Crippen LogP contribution in [0, 0.1) is 73.2 Å². The highest BCUT2D eigenvalue weighted by Crippen LogP contribution is 2.47. The van der Waals surface area contributed by atoms with E-state index in [1.807, 2.05) is 112 Å². The van der Waals surface area contributed by atoms with E-state index in [1.54, 1.807) is 6.92 Å². The number of nitrogen functional groups attached to an aromatic ring is 4. The Kier molecular flexibility index (Phi) is 24.8. The number of esters is 2. The normalized spacial score (nSPS) is 26.5. The van der Waals surface area contributed by atoms with Crippen LogP contribution in [0.5, 0.6) is 0 Å². The molecule has 4 aliphatic rings. The Labute approximate surface area is 658 Å². The molecule has 4 unspecified atom stereocenters. The first-order valence-corrected chi connectivity index (χ1v) is 35.9. The maximum atomic E-state index is 14.0. The van der Waals surface area contributed by atoms with Crippen molar-refractivity contribution < 1.29 is 90.2 Å². The summed E-state index contributed by atoms with van der Waals surface area (Å²) in [5, 5.41) is 40.5. The van der Waals surface area contributed by atoms with Gasteiger partial charge in [0.1, 0.15) is 36.6 Å². The lowest BCUT2D eigenvalue weighted by molar-refractivity contribution is -0.159. The van der Waals surface area contributed by atoms with Crippen molar-refractivity contribution in [2.45, 2.75) is 177 Å². The molecule has 4 fully saturated rings. The van der Waals surface area contributed by atoms with E-state index >= 15 is 0 Å². The van der Waals surface area contributed by atoms with Crippen LogP contribution in [0.2, 0.25) is 0 Å². The molecule has 11 aromatic rings. The van der Waals surface area contributed by atoms with Crippen molar-refractivity contribution in [1.29, 1.82) is 0 Å². The van der Waals surface area contributed by atoms with E-state index in [1.165, 1.54) is 57.4 Å². The zero-order valence-corrected chi connectivity index (χ0v) is 62.8. The summed E-state index contributed by atoms with van der Waals surface area (Å²) in [5.74, 6) is 11.9. The van der Waals surface area contributed by atoms with Crippen LogP contribution in [0.1, 0.15) is 102 Å². The van der Waals surface area contributed by atoms with Crippen molar-refractivity contribution in [1.82, 2.24) is 78.1 Å². The van der Waals surface area contributed by atoms with E-state index < -0.39 is 139 Å². The van der Waals surface area contributed by atoms with Gasteiger partial charge in [-0.25, -0.2) is 19.9 Å². The van der Waals surface area contributed by atoms with Crippen molar-refractivity contribution in [2.75, 3.05) is 29.5 Å². The maximum absolute atomic E-state index is 14.0. The van der Waals surface area contributed by atoms with E-state index in [9.17, 15) is 47.6 Å². The van der Waals surface area contributed by atoms with Gasteiger partial charge in [-0.05, 0) is 42.9 Å². The minimum absolute atomic E-state index is 0.0352. The third-order valence-corrected chi connectivity index (χ3v) is 19.6. The molecule has 15 rings (SSSR count). The molecule has 604 valence electrons. The average molecular weight is 1600 g/mol. The number of carbonyl (C=O) groups is 2. The first kappa shape index (κ1) is 83.0. The summed E-state index contributed by atoms with van der Waals surface area (Å²) in [6, 6.07) is 28.6. The molecule has 12 N–H and O–H groups in total. The molecule has 35 nitrogen and oxygen atoms in total. The molecule has 8 aromatic heterocycles. The number of terminal acetylenes is 3. The van der Waals surface area contributed by atoms with Gasteiger partial charge in [-0.3, -0.25) is 27.9 Å². The van der Waals surface area contributed by atoms with E-state index in [4.69, 9.17) is 84.8 Å². The number of fused-ring (bicyclic) bond motifs is 4. The fraction of sp³-hybridized carbons (Fsp3) is 0.377. The number of aliphatic hydroxyl groups excluding tert-OH is 4. The average Bonchev–Trinajstić information content (AvgIpc) is 1.59. The largest absolute Gasteiger partial charge is 0.455 e. The summed E-state index contributed by atoms with van der Waals surface area (Å²) in [6.45, 7) is 9.87. The molecule has 0 aliphatic carbocycles. The number of hydrogen-bond donors (Lipinski definition) is 8. The summed E-state index contributed by atoms with van der Waals surface area (Å²) in [5.41, 5.74) is 21.3. The predicted molar refractivity (Wildman–Crippen MR) is 402 cm³/mol. The maximum Gasteiger partial charge on any atom is 0.312 e. The molecule has 0 amide bonds. The quantitative estimate of drug-likeness (QED) is 0.0226. The first-order chi connectivity index (χ1) is 55.7. The number of ether oxygens (including phenoxy) is 9. The van der Waals surface area contributed by atoms with Crippen LogP contribution in [0.15, 0.2) is 116 Å². The fourth-order valence-electron chi connectivity index (χ4n) is 13.9. The Balaban J connectivity index is 0.000000144. The number of nitrogens with two attached hydrogens (primary N) is 4. The van der Waals surface area contributed by atoms with E-state index in [0.29, 0.717) is 19.3 Å². The molecule has 16 atom stereocenters. The topological polar surface area (TPSA) is 477 Å². The van der Waals surface area contributed by atoms with Gasteiger partial charge in [-0.2, -0.15) is 57.4 Å². The third-order valence-electron chi connectivity index (χ3n) is 19.6. The van der Waals surface area contributed by atoms with E-state index in [2.05, 4.69) is 89.4 Å². The van der Waals surface area contributed by atoms with Crippen LogP contribution in [-0.2, 0) is 72.0 Å². The monoisotopic (exact) mass is 1600 g/mol. The minimum atomic E-state index is -1.78. The highest BCUT2D eigenvalue weighted by molar-refractivity contribution is 5.83. The van der Waals surface area contributed by atoms with Crippen LogP contribution in [0.25, 0.3) is 44.7 Å². The standard InChI is InChI=1S/C23H24FN5O4.C22H22FN5O4.C20H20FN5O3.C12H12FN5O4/c1-4-11-23(5-2)18(31-12-15-9-7-6-8-10-15)17(32-14(3)30)21(33-23)29-13-26-16-19(25)27-22(24)28-20(16)29;1-4-22(5-2)17(30-11-14-9-7-6-8-10-14)16(31-13(3)29)20(32-22)28-12-25-15-18(24)26-21(23)27-19(15)28;1-3-20(4-2)15(28-10-12-8-6-5-7-9-12)14(27)18(29-20)26-11-23-13-16(22)24-19(21)25-17(13)26;1-2-12(3-19)7(21)6(20)10(22-12)18-4-15-5-8(14)16-11(13)17-9(5)18/h6-10,13,17-18,21H,5,12H2,1-3H3,(H2,25,27,28);1,6-10,12,16-17,20H,5,11H2,2-3H3,(H2,24,26,27);1,5-9,11,14-15,18,27H,4,10H2,2H3,(H2,22,24,25);1,4,6-7,10,19-21H,3H2,(H2,14,16,17)/t17?,18-,21-,23+;16?,17-,20-,22-;14?,15-,18-,20-;6?,7-,10-,12-/m1111/s1. The summed E-state index contributed by atoms with van der Waals surface area (Å²) in [6.07, 6.45) is 6.83. The Morgan fingerprint density at radius 3 is 1.06 bits per heavy atom. The molecule has 12 heterocycles. The number of carbonyl (C=O) groups excluding carboxylic acids is 2. The number of anilines is 4. The van der Waals surface area contributed by atoms with Crippen LogP contribution in [0.3, 0.4) is 0 Å². The number of imidazole rings is 4. The molecule has 39 heteroatoms. The Hall–Kier alpha value is -12.5. The number of aromatic nitrogens is 16. The van der Waals surface area contributed by atoms with Crippen molar-refractivity contribution in [3.63, 3.8) is 0 Å². The second-order valence-corrected chi connectivity index (χ2v) is 26.7. The highest BCUT2D eigenvalue weighted by Gasteiger charge is 2.60. The SMILES string of the molecule is C#C[C@]1(CC)O[C@@H](n2cnc3c(N)nc(F)nc32)C(O)[C@H]1OCc1ccccc1.C#C[C@]1(CC)O[C@@H](n2cnc3c(N)nc(F)nc32)C(OC(C)=O)[C@H]1OCc1ccccc1.C#C[C@]1(CO)O[C@@H](n2cnc3c(N)nc(F)nc32)C(O)[C@H]1O.CC#C[C@]1(CC)O[C@@H](n2cnc3c(N)nc(F)nc32)C(OC(C)=O)[C@H]1OCc1ccccc1. The van der Waals surface area contributed by atoms with Gasteiger partial charge >= 0.3 is 36.3 Å². The van der Waals surface area contributed by atoms with Gasteiger partial charge in [0.15, 0.2) is 127 Å². The molecule has 4 aliphatic heterocycles. The lowest BCUT2D eigenvalue weighted by Crippen LogP contribution is -2.45. The second-order valence-electron chi connectivity index (χ2n) is 26.7. The van der Waals surface area contributed by atoms with Gasteiger partial charge in [-0.15, -0.1) is 25.2 Å². The zero-order chi connectivity index (χ0) is 83.1. The number of rotatable bonds is 19. The Morgan fingerprint density at radius 1 is 0.457 bits per heavy atom. The Bertz CT molecular complexity index is 5590. The van der Waals surface area contributed by atoms with Gasteiger partial charge in [0.05, 0.1) is 51.7 Å². The van der Waals surface area contributed by atoms with Crippen molar-refractivity contribution in [3.8, 4) is 48.9 Å². The fourth-order valence-corrected chi connectivity index (χ4v) is 13.9. The first-order valence-electron chi connectivity index (χ1n) is 35.9. The van der Waals surface area contributed by atoms with Crippen molar-refractivity contribution in [2.24, 2.45) is 0 Å². The molecular formula is C77H78F4N20O15. The van der Waals surface area contributed by atoms with Gasteiger partial charge in [0.25, 0.3) is 0 Å².